The zero-order chi connectivity index (χ0) is 17.5. The monoisotopic (exact) mass is 335 g/mol. The molecule has 0 aliphatic heterocycles. The van der Waals surface area contributed by atoms with Crippen LogP contribution in [0.15, 0.2) is 67.3 Å². The molecule has 2 N–H and O–H groups in total. The maximum Gasteiger partial charge on any atom is 0.251 e. The Bertz CT molecular complexity index is 847. The highest BCUT2D eigenvalue weighted by atomic mass is 16.2. The van der Waals surface area contributed by atoms with Gasteiger partial charge >= 0.3 is 0 Å². The van der Waals surface area contributed by atoms with Crippen molar-refractivity contribution >= 4 is 17.5 Å². The number of hydrogen-bond acceptors (Lipinski definition) is 4. The minimum Gasteiger partial charge on any atom is -0.352 e. The van der Waals surface area contributed by atoms with Crippen molar-refractivity contribution < 1.29 is 9.59 Å². The molecule has 1 aromatic carbocycles. The molecule has 0 aliphatic carbocycles. The smallest absolute Gasteiger partial charge is 0.251 e. The first-order valence-electron chi connectivity index (χ1n) is 7.80. The summed E-state index contributed by atoms with van der Waals surface area (Å²) < 4.78 is 1.68. The minimum absolute atomic E-state index is 0.170. The van der Waals surface area contributed by atoms with E-state index in [-0.39, 0.29) is 24.8 Å². The van der Waals surface area contributed by atoms with Gasteiger partial charge in [-0.15, -0.1) is 0 Å². The van der Waals surface area contributed by atoms with Crippen molar-refractivity contribution in [2.75, 3.05) is 11.9 Å². The van der Waals surface area contributed by atoms with Crippen LogP contribution in [0.2, 0.25) is 0 Å². The highest BCUT2D eigenvalue weighted by Gasteiger charge is 2.08. The zero-order valence-corrected chi connectivity index (χ0v) is 13.4. The van der Waals surface area contributed by atoms with Gasteiger partial charge in [-0.05, 0) is 36.4 Å². The Morgan fingerprint density at radius 2 is 1.88 bits per heavy atom. The van der Waals surface area contributed by atoms with E-state index in [9.17, 15) is 9.59 Å². The van der Waals surface area contributed by atoms with Gasteiger partial charge in [0.2, 0.25) is 5.91 Å². The normalized spacial score (nSPS) is 10.2. The van der Waals surface area contributed by atoms with E-state index in [1.54, 1.807) is 59.8 Å². The number of hydrogen-bond donors (Lipinski definition) is 2. The number of amides is 2. The lowest BCUT2D eigenvalue weighted by molar-refractivity contribution is -0.116. The predicted octanol–water partition coefficient (Wildman–Crippen LogP) is 2.03. The van der Waals surface area contributed by atoms with E-state index in [4.69, 9.17) is 0 Å². The Morgan fingerprint density at radius 3 is 2.64 bits per heavy atom. The van der Waals surface area contributed by atoms with Gasteiger partial charge in [-0.2, -0.15) is 5.10 Å². The molecule has 0 saturated heterocycles. The van der Waals surface area contributed by atoms with Crippen LogP contribution in [0.25, 0.3) is 5.69 Å². The molecule has 25 heavy (non-hydrogen) atoms. The Morgan fingerprint density at radius 1 is 1.04 bits per heavy atom. The molecule has 3 rings (SSSR count). The molecular weight excluding hydrogens is 318 g/mol. The molecule has 0 aliphatic rings. The van der Waals surface area contributed by atoms with E-state index in [0.29, 0.717) is 11.3 Å². The first kappa shape index (κ1) is 16.4. The van der Waals surface area contributed by atoms with Gasteiger partial charge in [0.1, 0.15) is 0 Å². The van der Waals surface area contributed by atoms with Crippen molar-refractivity contribution in [3.05, 3.63) is 72.8 Å². The van der Waals surface area contributed by atoms with Gasteiger partial charge in [0.15, 0.2) is 0 Å². The Balaban J connectivity index is 1.51. The second kappa shape index (κ2) is 7.87. The number of anilines is 1. The first-order chi connectivity index (χ1) is 12.2. The highest BCUT2D eigenvalue weighted by Crippen LogP contribution is 2.09. The fourth-order valence-corrected chi connectivity index (χ4v) is 2.26. The van der Waals surface area contributed by atoms with Crippen molar-refractivity contribution in [2.24, 2.45) is 0 Å². The van der Waals surface area contributed by atoms with Crippen LogP contribution >= 0.6 is 0 Å². The van der Waals surface area contributed by atoms with Crippen LogP contribution in [-0.2, 0) is 4.79 Å². The first-order valence-corrected chi connectivity index (χ1v) is 7.80. The number of carbonyl (C=O) groups is 2. The van der Waals surface area contributed by atoms with Gasteiger partial charge < -0.3 is 10.6 Å². The molecule has 7 nitrogen and oxygen atoms in total. The largest absolute Gasteiger partial charge is 0.352 e. The van der Waals surface area contributed by atoms with E-state index in [2.05, 4.69) is 20.7 Å². The molecule has 2 aromatic heterocycles. The number of nitrogens with one attached hydrogen (secondary N) is 2. The molecule has 3 aromatic rings. The summed E-state index contributed by atoms with van der Waals surface area (Å²) in [5, 5.41) is 9.63. The van der Waals surface area contributed by atoms with Crippen LogP contribution < -0.4 is 10.6 Å². The molecule has 0 spiro atoms. The topological polar surface area (TPSA) is 88.9 Å². The summed E-state index contributed by atoms with van der Waals surface area (Å²) in [6, 6.07) is 12.4. The summed E-state index contributed by atoms with van der Waals surface area (Å²) in [6.07, 6.45) is 6.87. The fourth-order valence-electron chi connectivity index (χ4n) is 2.26. The van der Waals surface area contributed by atoms with Crippen LogP contribution in [0.5, 0.6) is 0 Å². The van der Waals surface area contributed by atoms with Crippen LogP contribution in [-0.4, -0.2) is 33.1 Å². The maximum absolute atomic E-state index is 12.2. The number of rotatable bonds is 6. The summed E-state index contributed by atoms with van der Waals surface area (Å²) in [5.41, 5.74) is 1.99. The Labute approximate surface area is 144 Å². The van der Waals surface area contributed by atoms with Gasteiger partial charge in [0.05, 0.1) is 5.69 Å². The van der Waals surface area contributed by atoms with Crippen LogP contribution in [0.1, 0.15) is 16.8 Å². The SMILES string of the molecule is O=C(CCNC(=O)c1cccc(-n2cccn2)c1)Nc1ccncc1. The van der Waals surface area contributed by atoms with Crippen molar-refractivity contribution in [2.45, 2.75) is 6.42 Å². The van der Waals surface area contributed by atoms with E-state index < -0.39 is 0 Å². The summed E-state index contributed by atoms with van der Waals surface area (Å²) in [4.78, 5) is 28.0. The molecule has 2 amide bonds. The fraction of sp³-hybridized carbons (Fsp3) is 0.111. The molecule has 0 atom stereocenters. The molecule has 0 radical (unpaired) electrons. The van der Waals surface area contributed by atoms with Crippen molar-refractivity contribution in [3.63, 3.8) is 0 Å². The summed E-state index contributed by atoms with van der Waals surface area (Å²) in [5.74, 6) is -0.400. The summed E-state index contributed by atoms with van der Waals surface area (Å²) >= 11 is 0. The van der Waals surface area contributed by atoms with Crippen LogP contribution in [0.3, 0.4) is 0 Å². The number of pyridine rings is 1. The van der Waals surface area contributed by atoms with E-state index >= 15 is 0 Å². The molecule has 0 unspecified atom stereocenters. The summed E-state index contributed by atoms with van der Waals surface area (Å²) in [7, 11) is 0. The molecule has 0 fully saturated rings. The lowest BCUT2D eigenvalue weighted by Crippen LogP contribution is -2.27. The molecule has 0 saturated carbocycles. The quantitative estimate of drug-likeness (QED) is 0.721. The van der Waals surface area contributed by atoms with Crippen molar-refractivity contribution in [1.82, 2.24) is 20.1 Å². The molecular formula is C18H17N5O2. The van der Waals surface area contributed by atoms with Gasteiger partial charge in [0, 0.05) is 49.0 Å². The number of nitrogens with zero attached hydrogens (tertiary/aromatic N) is 3. The zero-order valence-electron chi connectivity index (χ0n) is 13.4. The third-order valence-corrected chi connectivity index (χ3v) is 3.48. The second-order valence-electron chi connectivity index (χ2n) is 5.29. The third kappa shape index (κ3) is 4.51. The third-order valence-electron chi connectivity index (χ3n) is 3.48. The average molecular weight is 335 g/mol. The number of carbonyl (C=O) groups excluding carboxylic acids is 2. The van der Waals surface area contributed by atoms with E-state index in [1.807, 2.05) is 12.1 Å². The standard InChI is InChI=1S/C18H17N5O2/c24-17(22-15-5-9-19-10-6-15)7-11-20-18(25)14-3-1-4-16(13-14)23-12-2-8-21-23/h1-6,8-10,12-13H,7,11H2,(H,20,25)(H,19,22,24). The van der Waals surface area contributed by atoms with Gasteiger partial charge in [-0.1, -0.05) is 6.07 Å². The second-order valence-corrected chi connectivity index (χ2v) is 5.29. The molecule has 126 valence electrons. The van der Waals surface area contributed by atoms with Crippen LogP contribution in [0.4, 0.5) is 5.69 Å². The Hall–Kier alpha value is -3.48. The molecule has 2 heterocycles. The number of benzene rings is 1. The molecule has 7 heteroatoms. The van der Waals surface area contributed by atoms with Gasteiger partial charge in [-0.25, -0.2) is 4.68 Å². The average Bonchev–Trinajstić information content (AvgIpc) is 3.17. The van der Waals surface area contributed by atoms with Gasteiger partial charge in [-0.3, -0.25) is 14.6 Å². The van der Waals surface area contributed by atoms with Crippen molar-refractivity contribution in [1.29, 1.82) is 0 Å². The molecule has 0 bridgehead atoms. The minimum atomic E-state index is -0.231. The lowest BCUT2D eigenvalue weighted by Gasteiger charge is -2.08. The number of aromatic nitrogens is 3. The van der Waals surface area contributed by atoms with Gasteiger partial charge in [0.25, 0.3) is 5.91 Å². The maximum atomic E-state index is 12.2. The van der Waals surface area contributed by atoms with Crippen LogP contribution in [0, 0.1) is 0 Å². The van der Waals surface area contributed by atoms with Crippen molar-refractivity contribution in [3.8, 4) is 5.69 Å². The van der Waals surface area contributed by atoms with E-state index in [1.165, 1.54) is 0 Å². The highest BCUT2D eigenvalue weighted by molar-refractivity contribution is 5.95. The lowest BCUT2D eigenvalue weighted by atomic mass is 10.2. The van der Waals surface area contributed by atoms with E-state index in [0.717, 1.165) is 5.69 Å². The summed E-state index contributed by atoms with van der Waals surface area (Å²) in [6.45, 7) is 0.252. The Kier molecular flexibility index (Phi) is 5.16. The predicted molar refractivity (Wildman–Crippen MR) is 93.4 cm³/mol.